The van der Waals surface area contributed by atoms with Gasteiger partial charge in [-0.2, -0.15) is 4.98 Å². The van der Waals surface area contributed by atoms with Crippen molar-refractivity contribution in [1.29, 1.82) is 0 Å². The zero-order valence-corrected chi connectivity index (χ0v) is 17.5. The number of aromatic nitrogens is 3. The number of hydrogen-bond donors (Lipinski definition) is 3. The molecule has 3 rings (SSSR count). The van der Waals surface area contributed by atoms with E-state index >= 15 is 0 Å². The highest BCUT2D eigenvalue weighted by Crippen LogP contribution is 2.29. The van der Waals surface area contributed by atoms with Crippen molar-refractivity contribution in [3.63, 3.8) is 0 Å². The molecule has 12 nitrogen and oxygen atoms in total. The maximum Gasteiger partial charge on any atom is 0.340 e. The molecule has 1 aromatic carbocycles. The molecule has 2 aromatic heterocycles. The summed E-state index contributed by atoms with van der Waals surface area (Å²) >= 11 is 0. The first-order chi connectivity index (χ1) is 14.9. The summed E-state index contributed by atoms with van der Waals surface area (Å²) in [6, 6.07) is 7.58. The Kier molecular flexibility index (Phi) is 6.99. The van der Waals surface area contributed by atoms with Crippen LogP contribution < -0.4 is 25.0 Å². The van der Waals surface area contributed by atoms with Crippen LogP contribution in [0.25, 0.3) is 11.4 Å². The number of rotatable bonds is 10. The van der Waals surface area contributed by atoms with E-state index in [2.05, 4.69) is 30.7 Å². The van der Waals surface area contributed by atoms with Crippen molar-refractivity contribution in [1.82, 2.24) is 25.3 Å². The Balaban J connectivity index is 1.48. The van der Waals surface area contributed by atoms with Crippen LogP contribution in [-0.2, 0) is 14.8 Å². The average Bonchev–Trinajstić information content (AvgIpc) is 3.27. The third-order valence-corrected chi connectivity index (χ3v) is 5.44. The van der Waals surface area contributed by atoms with E-state index in [1.165, 1.54) is 32.4 Å². The van der Waals surface area contributed by atoms with E-state index in [1.54, 1.807) is 24.5 Å². The maximum atomic E-state index is 12.4. The lowest BCUT2D eigenvalue weighted by atomic mass is 10.3. The molecule has 0 radical (unpaired) electrons. The van der Waals surface area contributed by atoms with Crippen molar-refractivity contribution >= 4 is 21.9 Å². The van der Waals surface area contributed by atoms with E-state index in [1.807, 2.05) is 0 Å². The highest BCUT2D eigenvalue weighted by atomic mass is 32.2. The van der Waals surface area contributed by atoms with Crippen molar-refractivity contribution in [2.75, 3.05) is 26.2 Å². The first kappa shape index (κ1) is 22.0. The summed E-state index contributed by atoms with van der Waals surface area (Å²) in [5.74, 6) is 0.513. The number of sulfonamides is 1. The molecule has 0 fully saturated rings. The van der Waals surface area contributed by atoms with Crippen molar-refractivity contribution in [2.45, 2.75) is 11.3 Å². The van der Waals surface area contributed by atoms with Gasteiger partial charge in [-0.05, 0) is 24.3 Å². The molecule has 1 amide bonds. The van der Waals surface area contributed by atoms with Crippen LogP contribution in [0.5, 0.6) is 11.5 Å². The van der Waals surface area contributed by atoms with E-state index in [-0.39, 0.29) is 29.6 Å². The van der Waals surface area contributed by atoms with Gasteiger partial charge in [-0.15, -0.1) is 0 Å². The van der Waals surface area contributed by atoms with E-state index in [9.17, 15) is 13.2 Å². The molecule has 0 spiro atoms. The minimum absolute atomic E-state index is 0.0156. The Hall–Kier alpha value is -3.71. The number of methoxy groups -OCH3 is 2. The molecule has 0 unspecified atom stereocenters. The number of benzene rings is 1. The Morgan fingerprint density at radius 3 is 2.55 bits per heavy atom. The molecule has 0 aliphatic heterocycles. The quantitative estimate of drug-likeness (QED) is 0.382. The predicted octanol–water partition coefficient (Wildman–Crippen LogP) is 0.960. The van der Waals surface area contributed by atoms with Gasteiger partial charge < -0.3 is 14.0 Å². The Bertz CT molecular complexity index is 1140. The molecule has 2 heterocycles. The molecular formula is C18H20N6O6S. The number of hydrazine groups is 1. The second kappa shape index (κ2) is 9.86. The van der Waals surface area contributed by atoms with E-state index in [0.717, 1.165) is 0 Å². The number of nitrogens with zero attached hydrogens (tertiary/aromatic N) is 3. The summed E-state index contributed by atoms with van der Waals surface area (Å²) in [7, 11) is -0.985. The van der Waals surface area contributed by atoms with Crippen LogP contribution in [-0.4, -0.2) is 50.2 Å². The zero-order chi connectivity index (χ0) is 22.3. The molecule has 0 aliphatic rings. The van der Waals surface area contributed by atoms with Gasteiger partial charge in [0, 0.05) is 37.0 Å². The fourth-order valence-corrected chi connectivity index (χ4v) is 3.49. The molecule has 164 valence electrons. The van der Waals surface area contributed by atoms with E-state index in [4.69, 9.17) is 14.0 Å². The topological polar surface area (TPSA) is 158 Å². The smallest absolute Gasteiger partial charge is 0.340 e. The lowest BCUT2D eigenvalue weighted by Gasteiger charge is -2.11. The summed E-state index contributed by atoms with van der Waals surface area (Å²) in [6.07, 6.45) is 3.04. The number of amides is 1. The van der Waals surface area contributed by atoms with Gasteiger partial charge in [0.15, 0.2) is 11.5 Å². The number of hydrogen-bond acceptors (Lipinski definition) is 10. The summed E-state index contributed by atoms with van der Waals surface area (Å²) in [6.45, 7) is -0.129. The van der Waals surface area contributed by atoms with E-state index in [0.29, 0.717) is 17.1 Å². The van der Waals surface area contributed by atoms with Crippen LogP contribution in [0.2, 0.25) is 0 Å². The summed E-state index contributed by atoms with van der Waals surface area (Å²) < 4.78 is 42.3. The van der Waals surface area contributed by atoms with Crippen LogP contribution in [0.3, 0.4) is 0 Å². The number of anilines is 1. The largest absolute Gasteiger partial charge is 0.493 e. The number of carbonyl (C=O) groups is 1. The van der Waals surface area contributed by atoms with Gasteiger partial charge >= 0.3 is 6.01 Å². The molecule has 3 aromatic rings. The van der Waals surface area contributed by atoms with Crippen molar-refractivity contribution in [3.05, 3.63) is 42.7 Å². The van der Waals surface area contributed by atoms with Crippen molar-refractivity contribution < 1.29 is 27.2 Å². The second-order valence-corrected chi connectivity index (χ2v) is 7.76. The van der Waals surface area contributed by atoms with Gasteiger partial charge in [-0.3, -0.25) is 15.2 Å². The van der Waals surface area contributed by atoms with Crippen molar-refractivity contribution in [2.24, 2.45) is 0 Å². The third-order valence-electron chi connectivity index (χ3n) is 3.98. The molecular weight excluding hydrogens is 428 g/mol. The minimum atomic E-state index is -3.84. The zero-order valence-electron chi connectivity index (χ0n) is 16.7. The van der Waals surface area contributed by atoms with Gasteiger partial charge in [-0.1, -0.05) is 5.16 Å². The fourth-order valence-electron chi connectivity index (χ4n) is 2.44. The summed E-state index contributed by atoms with van der Waals surface area (Å²) in [5.41, 5.74) is 5.53. The normalized spacial score (nSPS) is 11.0. The Labute approximate surface area is 178 Å². The number of ether oxygens (including phenoxy) is 2. The maximum absolute atomic E-state index is 12.4. The molecule has 13 heteroatoms. The lowest BCUT2D eigenvalue weighted by molar-refractivity contribution is -0.120. The van der Waals surface area contributed by atoms with Gasteiger partial charge in [0.05, 0.1) is 19.1 Å². The second-order valence-electron chi connectivity index (χ2n) is 6.00. The average molecular weight is 448 g/mol. The van der Waals surface area contributed by atoms with Gasteiger partial charge in [0.2, 0.25) is 21.8 Å². The fraction of sp³-hybridized carbons (Fsp3) is 0.222. The first-order valence-electron chi connectivity index (χ1n) is 8.93. The predicted molar refractivity (Wildman–Crippen MR) is 109 cm³/mol. The monoisotopic (exact) mass is 448 g/mol. The number of nitrogens with one attached hydrogen (secondary N) is 3. The van der Waals surface area contributed by atoms with Crippen LogP contribution in [0.4, 0.5) is 6.01 Å². The molecule has 0 atom stereocenters. The van der Waals surface area contributed by atoms with Gasteiger partial charge in [-0.25, -0.2) is 18.6 Å². The molecule has 31 heavy (non-hydrogen) atoms. The SMILES string of the molecule is COc1ccc(S(=O)(=O)NCCC(=O)NNc2nc(-c3ccncc3)no2)cc1OC. The lowest BCUT2D eigenvalue weighted by Crippen LogP contribution is -2.33. The first-order valence-corrected chi connectivity index (χ1v) is 10.4. The summed E-state index contributed by atoms with van der Waals surface area (Å²) in [5, 5.41) is 3.78. The highest BCUT2D eigenvalue weighted by Gasteiger charge is 2.17. The minimum Gasteiger partial charge on any atom is -0.493 e. The van der Waals surface area contributed by atoms with Gasteiger partial charge in [0.1, 0.15) is 0 Å². The standard InChI is InChI=1S/C18H20N6O6S/c1-28-14-4-3-13(11-15(14)29-2)31(26,27)20-10-7-16(25)22-23-18-21-17(24-30-18)12-5-8-19-9-6-12/h3-6,8-9,11,20H,7,10H2,1-2H3,(H,22,25)(H,21,23,24). The number of carbonyl (C=O) groups excluding carboxylic acids is 1. The molecule has 0 saturated carbocycles. The molecule has 0 aliphatic carbocycles. The molecule has 3 N–H and O–H groups in total. The molecule has 0 saturated heterocycles. The number of pyridine rings is 1. The Morgan fingerprint density at radius 1 is 1.10 bits per heavy atom. The molecule has 0 bridgehead atoms. The van der Waals surface area contributed by atoms with Crippen molar-refractivity contribution in [3.8, 4) is 22.9 Å². The van der Waals surface area contributed by atoms with E-state index < -0.39 is 15.9 Å². The summed E-state index contributed by atoms with van der Waals surface area (Å²) in [4.78, 5) is 19.9. The van der Waals surface area contributed by atoms with Gasteiger partial charge in [0.25, 0.3) is 0 Å². The third kappa shape index (κ3) is 5.67. The van der Waals surface area contributed by atoms with Crippen LogP contribution >= 0.6 is 0 Å². The Morgan fingerprint density at radius 2 is 1.84 bits per heavy atom. The highest BCUT2D eigenvalue weighted by molar-refractivity contribution is 7.89. The van der Waals surface area contributed by atoms with Crippen LogP contribution in [0, 0.1) is 0 Å². The van der Waals surface area contributed by atoms with Crippen LogP contribution in [0.15, 0.2) is 52.1 Å². The van der Waals surface area contributed by atoms with Crippen LogP contribution in [0.1, 0.15) is 6.42 Å².